The maximum absolute atomic E-state index is 6.22. The topological polar surface area (TPSA) is 26.0 Å². The van der Waals surface area contributed by atoms with Crippen molar-refractivity contribution in [3.05, 3.63) is 45.5 Å². The van der Waals surface area contributed by atoms with Crippen molar-refractivity contribution in [2.75, 3.05) is 0 Å². The van der Waals surface area contributed by atoms with Crippen LogP contribution in [0.15, 0.2) is 29.8 Å². The maximum atomic E-state index is 6.22. The average Bonchev–Trinajstić information content (AvgIpc) is 2.29. The summed E-state index contributed by atoms with van der Waals surface area (Å²) in [4.78, 5) is 0. The highest BCUT2D eigenvalue weighted by molar-refractivity contribution is 6.35. The van der Waals surface area contributed by atoms with E-state index in [2.05, 4.69) is 6.08 Å². The first-order valence-electron chi connectivity index (χ1n) is 5.58. The first kappa shape index (κ1) is 12.0. The molecule has 0 heterocycles. The third-order valence-electron chi connectivity index (χ3n) is 3.02. The van der Waals surface area contributed by atoms with E-state index in [0.717, 1.165) is 18.4 Å². The summed E-state index contributed by atoms with van der Waals surface area (Å²) < 4.78 is 0. The second-order valence-electron chi connectivity index (χ2n) is 4.17. The molecule has 16 heavy (non-hydrogen) atoms. The Morgan fingerprint density at radius 1 is 1.19 bits per heavy atom. The van der Waals surface area contributed by atoms with Crippen molar-refractivity contribution in [3.63, 3.8) is 0 Å². The van der Waals surface area contributed by atoms with Gasteiger partial charge in [0.25, 0.3) is 0 Å². The first-order chi connectivity index (χ1) is 7.68. The monoisotopic (exact) mass is 255 g/mol. The van der Waals surface area contributed by atoms with Gasteiger partial charge in [-0.25, -0.2) is 0 Å². The number of rotatable bonds is 2. The summed E-state index contributed by atoms with van der Waals surface area (Å²) in [5, 5.41) is 1.31. The van der Waals surface area contributed by atoms with Crippen LogP contribution >= 0.6 is 23.2 Å². The van der Waals surface area contributed by atoms with E-state index in [1.807, 2.05) is 12.1 Å². The number of hydrogen-bond donors (Lipinski definition) is 1. The van der Waals surface area contributed by atoms with Gasteiger partial charge in [-0.2, -0.15) is 0 Å². The van der Waals surface area contributed by atoms with Crippen molar-refractivity contribution < 1.29 is 0 Å². The third-order valence-corrected chi connectivity index (χ3v) is 3.59. The zero-order chi connectivity index (χ0) is 11.5. The summed E-state index contributed by atoms with van der Waals surface area (Å²) in [5.41, 5.74) is 8.50. The molecule has 0 aliphatic heterocycles. The fraction of sp³-hybridized carbons (Fsp3) is 0.385. The maximum Gasteiger partial charge on any atom is 0.0525 e. The minimum Gasteiger partial charge on any atom is -0.321 e. The van der Waals surface area contributed by atoms with Crippen molar-refractivity contribution in [3.8, 4) is 0 Å². The number of allylic oxidation sites excluding steroid dienone is 1. The molecule has 1 aromatic carbocycles. The van der Waals surface area contributed by atoms with Gasteiger partial charge in [0, 0.05) is 10.0 Å². The zero-order valence-electron chi connectivity index (χ0n) is 9.05. The van der Waals surface area contributed by atoms with E-state index in [1.54, 1.807) is 6.07 Å². The molecule has 0 saturated heterocycles. The lowest BCUT2D eigenvalue weighted by molar-refractivity contribution is 0.648. The van der Waals surface area contributed by atoms with Gasteiger partial charge in [-0.15, -0.1) is 0 Å². The summed E-state index contributed by atoms with van der Waals surface area (Å²) in [6.07, 6.45) is 6.96. The largest absolute Gasteiger partial charge is 0.321 e. The van der Waals surface area contributed by atoms with Gasteiger partial charge in [0.15, 0.2) is 0 Å². The van der Waals surface area contributed by atoms with Crippen molar-refractivity contribution in [1.82, 2.24) is 0 Å². The molecule has 1 aromatic rings. The Kier molecular flexibility index (Phi) is 3.91. The first-order valence-corrected chi connectivity index (χ1v) is 6.33. The highest BCUT2D eigenvalue weighted by atomic mass is 35.5. The van der Waals surface area contributed by atoms with Crippen molar-refractivity contribution in [2.45, 2.75) is 31.7 Å². The Labute approximate surface area is 106 Å². The van der Waals surface area contributed by atoms with E-state index in [0.29, 0.717) is 10.0 Å². The summed E-state index contributed by atoms with van der Waals surface area (Å²) in [6, 6.07) is 5.43. The Hall–Kier alpha value is -0.500. The number of hydrogen-bond acceptors (Lipinski definition) is 1. The highest BCUT2D eigenvalue weighted by Crippen LogP contribution is 2.32. The molecular weight excluding hydrogens is 241 g/mol. The molecule has 1 nitrogen and oxygen atoms in total. The van der Waals surface area contributed by atoms with E-state index in [9.17, 15) is 0 Å². The Morgan fingerprint density at radius 2 is 2.00 bits per heavy atom. The van der Waals surface area contributed by atoms with Gasteiger partial charge in [-0.1, -0.05) is 40.9 Å². The molecule has 1 atom stereocenters. The van der Waals surface area contributed by atoms with Crippen LogP contribution in [-0.2, 0) is 0 Å². The molecule has 1 unspecified atom stereocenters. The SMILES string of the molecule is NC(C1=CCCCC1)c1ccc(Cl)cc1Cl. The standard InChI is InChI=1S/C13H15Cl2N/c14-10-6-7-11(12(15)8-10)13(16)9-4-2-1-3-5-9/h4,6-8,13H,1-3,5,16H2. The van der Waals surface area contributed by atoms with E-state index in [-0.39, 0.29) is 6.04 Å². The predicted octanol–water partition coefficient (Wildman–Crippen LogP) is 4.49. The molecule has 0 saturated carbocycles. The normalized spacial score (nSPS) is 18.1. The predicted molar refractivity (Wildman–Crippen MR) is 69.9 cm³/mol. The van der Waals surface area contributed by atoms with Gasteiger partial charge < -0.3 is 5.73 Å². The van der Waals surface area contributed by atoms with E-state index in [1.165, 1.54) is 18.4 Å². The molecule has 86 valence electrons. The molecule has 2 N–H and O–H groups in total. The third kappa shape index (κ3) is 2.60. The quantitative estimate of drug-likeness (QED) is 0.775. The van der Waals surface area contributed by atoms with Crippen LogP contribution in [0.25, 0.3) is 0 Å². The second-order valence-corrected chi connectivity index (χ2v) is 5.01. The molecular formula is C13H15Cl2N. The molecule has 0 aromatic heterocycles. The fourth-order valence-electron chi connectivity index (χ4n) is 2.10. The Bertz CT molecular complexity index is 412. The molecule has 0 fully saturated rings. The Morgan fingerprint density at radius 3 is 2.62 bits per heavy atom. The number of halogens is 2. The fourth-order valence-corrected chi connectivity index (χ4v) is 2.62. The smallest absolute Gasteiger partial charge is 0.0525 e. The molecule has 2 rings (SSSR count). The van der Waals surface area contributed by atoms with Gasteiger partial charge in [-0.3, -0.25) is 0 Å². The van der Waals surface area contributed by atoms with Gasteiger partial charge in [-0.05, 0) is 43.4 Å². The van der Waals surface area contributed by atoms with Crippen LogP contribution in [0.4, 0.5) is 0 Å². The summed E-state index contributed by atoms with van der Waals surface area (Å²) in [7, 11) is 0. The van der Waals surface area contributed by atoms with Crippen LogP contribution < -0.4 is 5.73 Å². The Balaban J connectivity index is 2.26. The summed E-state index contributed by atoms with van der Waals surface area (Å²) >= 11 is 12.0. The molecule has 0 bridgehead atoms. The van der Waals surface area contributed by atoms with E-state index >= 15 is 0 Å². The second kappa shape index (κ2) is 5.22. The van der Waals surface area contributed by atoms with Crippen molar-refractivity contribution in [1.29, 1.82) is 0 Å². The van der Waals surface area contributed by atoms with Crippen molar-refractivity contribution >= 4 is 23.2 Å². The van der Waals surface area contributed by atoms with Gasteiger partial charge in [0.05, 0.1) is 6.04 Å². The van der Waals surface area contributed by atoms with Crippen LogP contribution in [0.5, 0.6) is 0 Å². The van der Waals surface area contributed by atoms with E-state index in [4.69, 9.17) is 28.9 Å². The molecule has 1 aliphatic rings. The lowest BCUT2D eigenvalue weighted by atomic mass is 9.90. The van der Waals surface area contributed by atoms with Crippen molar-refractivity contribution in [2.24, 2.45) is 5.73 Å². The van der Waals surface area contributed by atoms with Crippen LogP contribution in [0.2, 0.25) is 10.0 Å². The van der Waals surface area contributed by atoms with Crippen LogP contribution in [-0.4, -0.2) is 0 Å². The lowest BCUT2D eigenvalue weighted by Crippen LogP contribution is -2.15. The molecule has 0 amide bonds. The molecule has 1 aliphatic carbocycles. The van der Waals surface area contributed by atoms with Crippen LogP contribution in [0.1, 0.15) is 37.3 Å². The highest BCUT2D eigenvalue weighted by Gasteiger charge is 2.16. The zero-order valence-corrected chi connectivity index (χ0v) is 10.6. The number of nitrogens with two attached hydrogens (primary N) is 1. The van der Waals surface area contributed by atoms with Crippen LogP contribution in [0, 0.1) is 0 Å². The van der Waals surface area contributed by atoms with Gasteiger partial charge in [0.1, 0.15) is 0 Å². The summed E-state index contributed by atoms with van der Waals surface area (Å²) in [5.74, 6) is 0. The minimum absolute atomic E-state index is 0.0786. The van der Waals surface area contributed by atoms with Gasteiger partial charge in [0.2, 0.25) is 0 Å². The minimum atomic E-state index is -0.0786. The number of benzene rings is 1. The lowest BCUT2D eigenvalue weighted by Gasteiger charge is -2.20. The van der Waals surface area contributed by atoms with E-state index < -0.39 is 0 Å². The molecule has 0 spiro atoms. The summed E-state index contributed by atoms with van der Waals surface area (Å²) in [6.45, 7) is 0. The molecule has 0 radical (unpaired) electrons. The van der Waals surface area contributed by atoms with Gasteiger partial charge >= 0.3 is 0 Å². The van der Waals surface area contributed by atoms with Crippen LogP contribution in [0.3, 0.4) is 0 Å². The average molecular weight is 256 g/mol. The molecule has 3 heteroatoms.